The summed E-state index contributed by atoms with van der Waals surface area (Å²) >= 11 is 12.5. The zero-order chi connectivity index (χ0) is 27.9. The number of amides is 2. The summed E-state index contributed by atoms with van der Waals surface area (Å²) in [4.78, 5) is 29.6. The molecular formula is C32H34Cl2N2O4. The van der Waals surface area contributed by atoms with Gasteiger partial charge in [-0.2, -0.15) is 0 Å². The maximum absolute atomic E-state index is 14.0. The zero-order valence-electron chi connectivity index (χ0n) is 22.4. The lowest BCUT2D eigenvalue weighted by Crippen LogP contribution is -2.52. The molecule has 1 unspecified atom stereocenters. The third kappa shape index (κ3) is 7.29. The molecule has 3 aromatic carbocycles. The Kier molecular flexibility index (Phi) is 9.50. The van der Waals surface area contributed by atoms with Gasteiger partial charge in [-0.15, -0.1) is 0 Å². The van der Waals surface area contributed by atoms with Gasteiger partial charge in [-0.3, -0.25) is 9.59 Å². The maximum atomic E-state index is 14.0. The lowest BCUT2D eigenvalue weighted by atomic mass is 9.94. The minimum absolute atomic E-state index is 0.108. The molecule has 5 rings (SSSR count). The largest absolute Gasteiger partial charge is 0.454 e. The second kappa shape index (κ2) is 13.4. The van der Waals surface area contributed by atoms with Crippen LogP contribution in [0.3, 0.4) is 0 Å². The Morgan fingerprint density at radius 1 is 0.850 bits per heavy atom. The van der Waals surface area contributed by atoms with E-state index >= 15 is 0 Å². The van der Waals surface area contributed by atoms with Crippen molar-refractivity contribution < 1.29 is 19.1 Å². The summed E-state index contributed by atoms with van der Waals surface area (Å²) in [6.45, 7) is 0.443. The van der Waals surface area contributed by atoms with Gasteiger partial charge in [0.2, 0.25) is 18.6 Å². The molecule has 1 N–H and O–H groups in total. The van der Waals surface area contributed by atoms with Crippen molar-refractivity contribution in [2.24, 2.45) is 0 Å². The summed E-state index contributed by atoms with van der Waals surface area (Å²) in [5.74, 6) is 1.17. The Morgan fingerprint density at radius 3 is 2.38 bits per heavy atom. The van der Waals surface area contributed by atoms with Gasteiger partial charge in [-0.1, -0.05) is 84.9 Å². The number of ether oxygens (including phenoxy) is 2. The number of nitrogens with zero attached hydrogens (tertiary/aromatic N) is 1. The molecular weight excluding hydrogens is 547 g/mol. The summed E-state index contributed by atoms with van der Waals surface area (Å²) in [6, 6.07) is 20.4. The predicted molar refractivity (Wildman–Crippen MR) is 157 cm³/mol. The van der Waals surface area contributed by atoms with Crippen LogP contribution in [0.2, 0.25) is 10.0 Å². The SMILES string of the molecule is O=C(NC1CCCCC1)C(Cc1ccccc1)N(Cc1ccc(Cl)c(Cl)c1)C(=O)CCc1ccc2c(c1)OCO2. The number of carbonyl (C=O) groups is 2. The Morgan fingerprint density at radius 2 is 1.60 bits per heavy atom. The van der Waals surface area contributed by atoms with Gasteiger partial charge in [0, 0.05) is 25.4 Å². The molecule has 2 amide bonds. The van der Waals surface area contributed by atoms with Gasteiger partial charge < -0.3 is 19.7 Å². The smallest absolute Gasteiger partial charge is 0.243 e. The lowest BCUT2D eigenvalue weighted by molar-refractivity contribution is -0.141. The van der Waals surface area contributed by atoms with Crippen LogP contribution < -0.4 is 14.8 Å². The van der Waals surface area contributed by atoms with Gasteiger partial charge in [0.05, 0.1) is 10.0 Å². The molecule has 3 aromatic rings. The van der Waals surface area contributed by atoms with Crippen molar-refractivity contribution in [1.29, 1.82) is 0 Å². The minimum Gasteiger partial charge on any atom is -0.454 e. The van der Waals surface area contributed by atoms with E-state index in [9.17, 15) is 9.59 Å². The van der Waals surface area contributed by atoms with Gasteiger partial charge in [-0.05, 0) is 60.2 Å². The van der Waals surface area contributed by atoms with E-state index in [1.165, 1.54) is 6.42 Å². The Labute approximate surface area is 245 Å². The summed E-state index contributed by atoms with van der Waals surface area (Å²) in [5, 5.41) is 4.13. The minimum atomic E-state index is -0.678. The van der Waals surface area contributed by atoms with Gasteiger partial charge in [0.25, 0.3) is 0 Å². The first-order valence-corrected chi connectivity index (χ1v) is 14.7. The van der Waals surface area contributed by atoms with Crippen LogP contribution in [0.4, 0.5) is 0 Å². The van der Waals surface area contributed by atoms with Crippen LogP contribution in [0.5, 0.6) is 11.5 Å². The quantitative estimate of drug-likeness (QED) is 0.288. The van der Waals surface area contributed by atoms with Gasteiger partial charge >= 0.3 is 0 Å². The van der Waals surface area contributed by atoms with Crippen LogP contribution in [0.25, 0.3) is 0 Å². The number of halogens is 2. The molecule has 210 valence electrons. The van der Waals surface area contributed by atoms with Gasteiger partial charge in [0.15, 0.2) is 11.5 Å². The van der Waals surface area contributed by atoms with Gasteiger partial charge in [0.1, 0.15) is 6.04 Å². The van der Waals surface area contributed by atoms with Crippen LogP contribution in [0.1, 0.15) is 55.2 Å². The molecule has 1 fully saturated rings. The average molecular weight is 582 g/mol. The third-order valence-corrected chi connectivity index (χ3v) is 8.36. The van der Waals surface area contributed by atoms with Crippen molar-refractivity contribution in [2.75, 3.05) is 6.79 Å². The van der Waals surface area contributed by atoms with Crippen molar-refractivity contribution in [3.8, 4) is 11.5 Å². The molecule has 0 aromatic heterocycles. The number of nitrogens with one attached hydrogen (secondary N) is 1. The molecule has 40 heavy (non-hydrogen) atoms. The fraction of sp³-hybridized carbons (Fsp3) is 0.375. The number of carbonyl (C=O) groups excluding carboxylic acids is 2. The predicted octanol–water partition coefficient (Wildman–Crippen LogP) is 6.74. The highest BCUT2D eigenvalue weighted by atomic mass is 35.5. The number of hydrogen-bond acceptors (Lipinski definition) is 4. The molecule has 0 spiro atoms. The van der Waals surface area contributed by atoms with E-state index in [4.69, 9.17) is 32.7 Å². The standard InChI is InChI=1S/C32H34Cl2N2O4/c33-26-14-11-24(17-27(26)34)20-36(31(37)16-13-23-12-15-29-30(19-23)40-21-39-29)28(18-22-7-3-1-4-8-22)32(38)35-25-9-5-2-6-10-25/h1,3-4,7-8,11-12,14-15,17,19,25,28H,2,5-6,9-10,13,16,18,20-21H2,(H,35,38). The highest BCUT2D eigenvalue weighted by molar-refractivity contribution is 6.42. The molecule has 2 aliphatic rings. The first-order chi connectivity index (χ1) is 19.5. The molecule has 6 nitrogen and oxygen atoms in total. The monoisotopic (exact) mass is 580 g/mol. The Bertz CT molecular complexity index is 1330. The number of hydrogen-bond donors (Lipinski definition) is 1. The molecule has 1 aliphatic carbocycles. The van der Waals surface area contributed by atoms with E-state index in [2.05, 4.69) is 5.32 Å². The molecule has 0 radical (unpaired) electrons. The van der Waals surface area contributed by atoms with Crippen molar-refractivity contribution in [2.45, 2.75) is 70.0 Å². The zero-order valence-corrected chi connectivity index (χ0v) is 23.9. The number of fused-ring (bicyclic) bond motifs is 1. The fourth-order valence-electron chi connectivity index (χ4n) is 5.42. The Balaban J connectivity index is 1.41. The van der Waals surface area contributed by atoms with E-state index in [-0.39, 0.29) is 37.6 Å². The molecule has 1 saturated carbocycles. The van der Waals surface area contributed by atoms with E-state index in [0.29, 0.717) is 34.4 Å². The number of aryl methyl sites for hydroxylation is 1. The van der Waals surface area contributed by atoms with Crippen LogP contribution >= 0.6 is 23.2 Å². The molecule has 1 atom stereocenters. The molecule has 0 saturated heterocycles. The molecule has 0 bridgehead atoms. The highest BCUT2D eigenvalue weighted by Gasteiger charge is 2.32. The second-order valence-electron chi connectivity index (χ2n) is 10.5. The van der Waals surface area contributed by atoms with Crippen molar-refractivity contribution in [3.63, 3.8) is 0 Å². The van der Waals surface area contributed by atoms with Crippen LogP contribution in [0.15, 0.2) is 66.7 Å². The van der Waals surface area contributed by atoms with Crippen molar-refractivity contribution in [1.82, 2.24) is 10.2 Å². The summed E-state index contributed by atoms with van der Waals surface area (Å²) in [6.07, 6.45) is 6.51. The number of rotatable bonds is 10. The van der Waals surface area contributed by atoms with Crippen LogP contribution in [-0.4, -0.2) is 35.6 Å². The van der Waals surface area contributed by atoms with Gasteiger partial charge in [-0.25, -0.2) is 0 Å². The average Bonchev–Trinajstić information content (AvgIpc) is 3.44. The summed E-state index contributed by atoms with van der Waals surface area (Å²) < 4.78 is 10.9. The topological polar surface area (TPSA) is 67.9 Å². The van der Waals surface area contributed by atoms with Crippen molar-refractivity contribution in [3.05, 3.63) is 93.5 Å². The fourth-order valence-corrected chi connectivity index (χ4v) is 5.74. The summed E-state index contributed by atoms with van der Waals surface area (Å²) in [5.41, 5.74) is 2.78. The maximum Gasteiger partial charge on any atom is 0.243 e. The number of benzene rings is 3. The molecule has 1 heterocycles. The van der Waals surface area contributed by atoms with Crippen LogP contribution in [-0.2, 0) is 29.0 Å². The molecule has 8 heteroatoms. The first-order valence-electron chi connectivity index (χ1n) is 13.9. The Hall–Kier alpha value is -3.22. The highest BCUT2D eigenvalue weighted by Crippen LogP contribution is 2.33. The van der Waals surface area contributed by atoms with E-state index in [1.54, 1.807) is 17.0 Å². The summed E-state index contributed by atoms with van der Waals surface area (Å²) in [7, 11) is 0. The normalized spacial score (nSPS) is 15.4. The third-order valence-electron chi connectivity index (χ3n) is 7.62. The van der Waals surface area contributed by atoms with Crippen molar-refractivity contribution >= 4 is 35.0 Å². The van der Waals surface area contributed by atoms with E-state index in [1.807, 2.05) is 54.6 Å². The molecule has 1 aliphatic heterocycles. The second-order valence-corrected chi connectivity index (χ2v) is 11.3. The van der Waals surface area contributed by atoms with Crippen LogP contribution in [0, 0.1) is 0 Å². The van der Waals surface area contributed by atoms with E-state index in [0.717, 1.165) is 42.4 Å². The van der Waals surface area contributed by atoms with E-state index < -0.39 is 6.04 Å². The lowest BCUT2D eigenvalue weighted by Gasteiger charge is -2.33. The first kappa shape index (κ1) is 28.3.